The Hall–Kier alpha value is -8.32. The molecule has 4 aromatic carbocycles. The molecule has 0 aliphatic heterocycles. The standard InChI is InChI=1S/2C12H14O6.C12H14O5.C10H10O6.2C2H6O2.2C2H4/c13-7-1-2-8-17-11(14)9-3-5-10(6-4-9)12(15)18-16;13-5-7-17-11(15)9-1-2-10(4-3-9)12(16)18-8-6-14;1-15-7-8-17-12(14)10-5-3-9(4-6-10)11(13)16-2;11-5-6-15-9(12)7-1-3-8(4-2-7)10(13)16-14;2*3-1-2-4;2*1-2/h3-6,13,16H,1-2,7-8H2;1-4,13-14H,5-8H2;3-6H,7-8H2,1-2H3;1-4,11,14H,5-6H2;2*3-4H,1-2H2;2*1-2H2. The highest BCUT2D eigenvalue weighted by Gasteiger charge is 2.14. The van der Waals surface area contributed by atoms with E-state index in [2.05, 4.69) is 45.6 Å². The summed E-state index contributed by atoms with van der Waals surface area (Å²) in [4.78, 5) is 97.0. The van der Waals surface area contributed by atoms with Gasteiger partial charge in [0.05, 0.1) is 111 Å². The lowest BCUT2D eigenvalue weighted by Crippen LogP contribution is -2.11. The molecule has 450 valence electrons. The second-order valence-electron chi connectivity index (χ2n) is 13.7. The van der Waals surface area contributed by atoms with Crippen LogP contribution in [0.5, 0.6) is 0 Å². The van der Waals surface area contributed by atoms with Crippen LogP contribution in [0.15, 0.2) is 123 Å². The molecule has 0 spiro atoms. The van der Waals surface area contributed by atoms with E-state index in [1.54, 1.807) is 0 Å². The number of aliphatic hydroxyl groups excluding tert-OH is 8. The summed E-state index contributed by atoms with van der Waals surface area (Å²) in [6.45, 7) is 11.4. The van der Waals surface area contributed by atoms with Gasteiger partial charge in [-0.2, -0.15) is 10.5 Å². The second kappa shape index (κ2) is 55.0. The van der Waals surface area contributed by atoms with Gasteiger partial charge in [0.15, 0.2) is 0 Å². The number of unbranched alkanes of at least 4 members (excludes halogenated alkanes) is 1. The Balaban J connectivity index is -0.000000457. The van der Waals surface area contributed by atoms with Crippen molar-refractivity contribution in [3.05, 3.63) is 168 Å². The second-order valence-corrected chi connectivity index (χ2v) is 13.7. The Morgan fingerprint density at radius 1 is 0.296 bits per heavy atom. The fourth-order valence-electron chi connectivity index (χ4n) is 4.62. The van der Waals surface area contributed by atoms with Crippen molar-refractivity contribution in [3.63, 3.8) is 0 Å². The quantitative estimate of drug-likeness (QED) is 0.0127. The molecule has 0 saturated carbocycles. The molecule has 0 bridgehead atoms. The summed E-state index contributed by atoms with van der Waals surface area (Å²) < 4.78 is 33.2. The molecule has 0 amide bonds. The molecule has 81 heavy (non-hydrogen) atoms. The smallest absolute Gasteiger partial charge is 0.372 e. The molecule has 0 saturated heterocycles. The highest BCUT2D eigenvalue weighted by Crippen LogP contribution is 2.11. The van der Waals surface area contributed by atoms with E-state index in [4.69, 9.17) is 75.1 Å². The summed E-state index contributed by atoms with van der Waals surface area (Å²) in [6.07, 6.45) is 1.17. The topological polar surface area (TPSA) is 422 Å². The number of hydrogen-bond donors (Lipinski definition) is 10. The van der Waals surface area contributed by atoms with Crippen molar-refractivity contribution in [1.29, 1.82) is 0 Å². The summed E-state index contributed by atoms with van der Waals surface area (Å²) in [6, 6.07) is 22.6. The van der Waals surface area contributed by atoms with Crippen LogP contribution in [0, 0.1) is 0 Å². The van der Waals surface area contributed by atoms with Gasteiger partial charge >= 0.3 is 47.8 Å². The minimum atomic E-state index is -0.907. The highest BCUT2D eigenvalue weighted by molar-refractivity contribution is 5.95. The fourth-order valence-corrected chi connectivity index (χ4v) is 4.62. The Kier molecular flexibility index (Phi) is 53.8. The molecular weight excluding hydrogens is 1080 g/mol. The number of carbonyl (C=O) groups is 8. The number of rotatable bonds is 23. The molecule has 10 N–H and O–H groups in total. The first-order valence-corrected chi connectivity index (χ1v) is 23.5. The maximum Gasteiger partial charge on any atom is 0.372 e. The van der Waals surface area contributed by atoms with E-state index >= 15 is 0 Å². The molecule has 27 nitrogen and oxygen atoms in total. The van der Waals surface area contributed by atoms with E-state index in [1.165, 1.54) is 111 Å². The summed E-state index contributed by atoms with van der Waals surface area (Å²) in [5.41, 5.74) is 2.12. The van der Waals surface area contributed by atoms with Crippen LogP contribution in [0.2, 0.25) is 0 Å². The minimum absolute atomic E-state index is 0.0650. The van der Waals surface area contributed by atoms with E-state index in [0.717, 1.165) is 0 Å². The van der Waals surface area contributed by atoms with Crippen LogP contribution >= 0.6 is 0 Å². The molecule has 0 fully saturated rings. The number of esters is 6. The minimum Gasteiger partial charge on any atom is -0.465 e. The summed E-state index contributed by atoms with van der Waals surface area (Å²) in [5, 5.41) is 80.8. The van der Waals surface area contributed by atoms with Gasteiger partial charge in [0.1, 0.15) is 26.4 Å². The van der Waals surface area contributed by atoms with Gasteiger partial charge in [0.2, 0.25) is 0 Å². The van der Waals surface area contributed by atoms with Crippen LogP contribution < -0.4 is 0 Å². The van der Waals surface area contributed by atoms with E-state index in [0.29, 0.717) is 36.1 Å². The molecule has 0 radical (unpaired) electrons. The van der Waals surface area contributed by atoms with Crippen LogP contribution in [-0.4, -0.2) is 206 Å². The number of hydrogen-bond acceptors (Lipinski definition) is 27. The van der Waals surface area contributed by atoms with Crippen molar-refractivity contribution in [2.45, 2.75) is 12.8 Å². The summed E-state index contributed by atoms with van der Waals surface area (Å²) >= 11 is 0. The normalized spacial score (nSPS) is 9.19. The van der Waals surface area contributed by atoms with Crippen molar-refractivity contribution < 1.29 is 133 Å². The lowest BCUT2D eigenvalue weighted by molar-refractivity contribution is -0.182. The van der Waals surface area contributed by atoms with Gasteiger partial charge in [-0.15, -0.1) is 26.3 Å². The summed E-state index contributed by atoms with van der Waals surface area (Å²) in [7, 11) is 2.83. The zero-order valence-electron chi connectivity index (χ0n) is 44.8. The Bertz CT molecular complexity index is 2240. The fraction of sp³-hybridized carbons (Fsp3) is 0.333. The van der Waals surface area contributed by atoms with Crippen molar-refractivity contribution in [2.75, 3.05) is 107 Å². The van der Waals surface area contributed by atoms with Gasteiger partial charge in [0.25, 0.3) is 0 Å². The van der Waals surface area contributed by atoms with Crippen molar-refractivity contribution in [3.8, 4) is 0 Å². The molecule has 0 aromatic heterocycles. The van der Waals surface area contributed by atoms with Gasteiger partial charge in [-0.3, -0.25) is 9.78 Å². The van der Waals surface area contributed by atoms with Crippen LogP contribution in [0.1, 0.15) is 95.7 Å². The van der Waals surface area contributed by atoms with Crippen LogP contribution in [0.4, 0.5) is 0 Å². The van der Waals surface area contributed by atoms with Gasteiger partial charge in [-0.05, 0) is 110 Å². The molecule has 4 aromatic rings. The SMILES string of the molecule is C=C.C=C.COCCOC(=O)c1ccc(C(=O)OC)cc1.O=C(OCCO)c1ccc(C(=O)OCCO)cc1.O=C(OO)c1ccc(C(=O)OCCCCO)cc1.O=C(OO)c1ccc(C(=O)OCCO)cc1.OCCO.OCCO. The van der Waals surface area contributed by atoms with E-state index in [9.17, 15) is 38.4 Å². The third kappa shape index (κ3) is 38.8. The molecule has 0 aliphatic carbocycles. The van der Waals surface area contributed by atoms with Gasteiger partial charge < -0.3 is 74.0 Å². The lowest BCUT2D eigenvalue weighted by atomic mass is 10.1. The largest absolute Gasteiger partial charge is 0.465 e. The third-order valence-corrected chi connectivity index (χ3v) is 8.26. The summed E-state index contributed by atoms with van der Waals surface area (Å²) in [5.74, 6) is -4.93. The van der Waals surface area contributed by atoms with Crippen LogP contribution in [0.25, 0.3) is 0 Å². The highest BCUT2D eigenvalue weighted by atomic mass is 17.1. The van der Waals surface area contributed by atoms with Crippen LogP contribution in [0.3, 0.4) is 0 Å². The number of ether oxygens (including phenoxy) is 7. The molecule has 27 heteroatoms. The number of aliphatic hydroxyl groups is 8. The monoisotopic (exact) mass is 1150 g/mol. The molecule has 0 unspecified atom stereocenters. The Morgan fingerprint density at radius 3 is 0.716 bits per heavy atom. The van der Waals surface area contributed by atoms with Crippen molar-refractivity contribution >= 4 is 47.8 Å². The Morgan fingerprint density at radius 2 is 0.519 bits per heavy atom. The molecular formula is C54H72O27. The maximum absolute atomic E-state index is 11.5. The zero-order valence-corrected chi connectivity index (χ0v) is 44.8. The van der Waals surface area contributed by atoms with Gasteiger partial charge in [0, 0.05) is 13.7 Å². The first-order chi connectivity index (χ1) is 39.1. The van der Waals surface area contributed by atoms with E-state index in [-0.39, 0.29) is 114 Å². The van der Waals surface area contributed by atoms with Crippen molar-refractivity contribution in [2.24, 2.45) is 0 Å². The molecule has 0 aliphatic rings. The predicted octanol–water partition coefficient (Wildman–Crippen LogP) is 2.52. The maximum atomic E-state index is 11.5. The molecule has 4 rings (SSSR count). The van der Waals surface area contributed by atoms with Crippen LogP contribution in [-0.2, 0) is 42.9 Å². The van der Waals surface area contributed by atoms with E-state index in [1.807, 2.05) is 0 Å². The van der Waals surface area contributed by atoms with E-state index < -0.39 is 47.8 Å². The average Bonchev–Trinajstić information content (AvgIpc) is 3.54. The number of benzene rings is 4. The average molecular weight is 1150 g/mol. The van der Waals surface area contributed by atoms with Crippen molar-refractivity contribution in [1.82, 2.24) is 0 Å². The molecule has 0 heterocycles. The Labute approximate surface area is 466 Å². The van der Waals surface area contributed by atoms with Gasteiger partial charge in [-0.25, -0.2) is 38.4 Å². The van der Waals surface area contributed by atoms with Gasteiger partial charge in [-0.1, -0.05) is 0 Å². The number of methoxy groups -OCH3 is 2. The zero-order chi connectivity index (χ0) is 62.2. The third-order valence-electron chi connectivity index (χ3n) is 8.26. The molecule has 0 atom stereocenters. The lowest BCUT2D eigenvalue weighted by Gasteiger charge is -2.05. The number of carbonyl (C=O) groups excluding carboxylic acids is 8. The predicted molar refractivity (Wildman–Crippen MR) is 285 cm³/mol. The first kappa shape index (κ1) is 79.2. The first-order valence-electron chi connectivity index (χ1n) is 23.5.